The Morgan fingerprint density at radius 2 is 1.74 bits per heavy atom. The molecule has 0 saturated carbocycles. The quantitative estimate of drug-likeness (QED) is 0.516. The van der Waals surface area contributed by atoms with Gasteiger partial charge in [-0.15, -0.1) is 5.10 Å². The number of nitrogens with zero attached hydrogens (tertiary/aromatic N) is 3. The summed E-state index contributed by atoms with van der Waals surface area (Å²) in [5.74, 6) is 0.330. The van der Waals surface area contributed by atoms with Crippen molar-refractivity contribution >= 4 is 14.8 Å². The van der Waals surface area contributed by atoms with Gasteiger partial charge in [0.15, 0.2) is 0 Å². The first-order chi connectivity index (χ1) is 9.15. The smallest absolute Gasteiger partial charge is 0.377 e. The van der Waals surface area contributed by atoms with E-state index in [-0.39, 0.29) is 0 Å². The van der Waals surface area contributed by atoms with Crippen LogP contribution in [0.1, 0.15) is 25.7 Å². The molecule has 0 aliphatic carbocycles. The molecule has 0 unspecified atom stereocenters. The van der Waals surface area contributed by atoms with Crippen LogP contribution in [0.4, 0.5) is 5.95 Å². The fourth-order valence-electron chi connectivity index (χ4n) is 1.94. The molecular weight excluding hydrogens is 264 g/mol. The molecule has 1 aromatic heterocycles. The van der Waals surface area contributed by atoms with Gasteiger partial charge in [-0.2, -0.15) is 0 Å². The number of nitrogens with two attached hydrogens (primary N) is 1. The van der Waals surface area contributed by atoms with E-state index in [9.17, 15) is 0 Å². The van der Waals surface area contributed by atoms with Crippen molar-refractivity contribution in [1.29, 1.82) is 0 Å². The van der Waals surface area contributed by atoms with Gasteiger partial charge in [0.25, 0.3) is 0 Å². The molecule has 0 saturated heterocycles. The lowest BCUT2D eigenvalue weighted by Gasteiger charge is -2.24. The van der Waals surface area contributed by atoms with Crippen LogP contribution >= 0.6 is 0 Å². The Kier molecular flexibility index (Phi) is 6.99. The summed E-state index contributed by atoms with van der Waals surface area (Å²) in [5.41, 5.74) is 5.44. The van der Waals surface area contributed by atoms with E-state index in [4.69, 9.17) is 19.0 Å². The standard InChI is InChI=1S/C11H24N4O3Si/c1-16-19(17-2,18-3)9-7-5-4-6-8-15-10-13-11(12)14-15/h10H,4-9H2,1-3H3,(H2,12,14). The largest absolute Gasteiger partial charge is 0.500 e. The lowest BCUT2D eigenvalue weighted by atomic mass is 10.2. The summed E-state index contributed by atoms with van der Waals surface area (Å²) in [5, 5.41) is 4.04. The Morgan fingerprint density at radius 3 is 2.26 bits per heavy atom. The predicted octanol–water partition coefficient (Wildman–Crippen LogP) is 1.30. The lowest BCUT2D eigenvalue weighted by Crippen LogP contribution is -2.42. The van der Waals surface area contributed by atoms with Crippen molar-refractivity contribution < 1.29 is 13.3 Å². The molecule has 0 spiro atoms. The molecule has 1 heterocycles. The third kappa shape index (κ3) is 5.27. The average molecular weight is 288 g/mol. The van der Waals surface area contributed by atoms with Gasteiger partial charge in [-0.25, -0.2) is 4.98 Å². The maximum absolute atomic E-state index is 5.44. The van der Waals surface area contributed by atoms with Crippen molar-refractivity contribution in [2.45, 2.75) is 38.3 Å². The number of nitrogen functional groups attached to an aromatic ring is 1. The summed E-state index contributed by atoms with van der Waals surface area (Å²) in [6, 6.07) is 0.854. The van der Waals surface area contributed by atoms with Gasteiger partial charge in [0.2, 0.25) is 5.95 Å². The number of rotatable bonds is 10. The van der Waals surface area contributed by atoms with Gasteiger partial charge in [-0.3, -0.25) is 4.68 Å². The highest BCUT2D eigenvalue weighted by Gasteiger charge is 2.36. The maximum atomic E-state index is 5.44. The molecule has 0 radical (unpaired) electrons. The Balaban J connectivity index is 2.11. The molecule has 0 aromatic carbocycles. The minimum Gasteiger partial charge on any atom is -0.377 e. The second-order valence-electron chi connectivity index (χ2n) is 4.33. The lowest BCUT2D eigenvalue weighted by molar-refractivity contribution is 0.122. The Hall–Kier alpha value is -0.963. The zero-order chi connectivity index (χ0) is 14.1. The van der Waals surface area contributed by atoms with Crippen molar-refractivity contribution in [3.8, 4) is 0 Å². The predicted molar refractivity (Wildman–Crippen MR) is 74.5 cm³/mol. The van der Waals surface area contributed by atoms with Crippen LogP contribution in [0, 0.1) is 0 Å². The van der Waals surface area contributed by atoms with Gasteiger partial charge >= 0.3 is 8.80 Å². The van der Waals surface area contributed by atoms with E-state index in [1.807, 2.05) is 0 Å². The second kappa shape index (κ2) is 8.26. The van der Waals surface area contributed by atoms with Gasteiger partial charge in [0.05, 0.1) is 0 Å². The van der Waals surface area contributed by atoms with E-state index in [1.54, 1.807) is 32.3 Å². The number of hydrogen-bond donors (Lipinski definition) is 1. The first kappa shape index (κ1) is 16.1. The minimum atomic E-state index is -2.38. The molecule has 1 rings (SSSR count). The van der Waals surface area contributed by atoms with Crippen molar-refractivity contribution in [2.75, 3.05) is 27.1 Å². The van der Waals surface area contributed by atoms with E-state index in [0.29, 0.717) is 5.95 Å². The summed E-state index contributed by atoms with van der Waals surface area (Å²) < 4.78 is 17.9. The van der Waals surface area contributed by atoms with Crippen LogP contribution in [0.5, 0.6) is 0 Å². The van der Waals surface area contributed by atoms with E-state index in [1.165, 1.54) is 0 Å². The third-order valence-electron chi connectivity index (χ3n) is 3.11. The molecular formula is C11H24N4O3Si. The third-order valence-corrected chi connectivity index (χ3v) is 5.94. The van der Waals surface area contributed by atoms with Crippen LogP contribution in [-0.2, 0) is 19.8 Å². The van der Waals surface area contributed by atoms with Crippen LogP contribution in [0.15, 0.2) is 6.33 Å². The van der Waals surface area contributed by atoms with Gasteiger partial charge < -0.3 is 19.0 Å². The number of anilines is 1. The van der Waals surface area contributed by atoms with E-state index >= 15 is 0 Å². The van der Waals surface area contributed by atoms with Crippen LogP contribution in [0.3, 0.4) is 0 Å². The molecule has 2 N–H and O–H groups in total. The first-order valence-electron chi connectivity index (χ1n) is 6.46. The summed E-state index contributed by atoms with van der Waals surface area (Å²) in [4.78, 5) is 3.88. The highest BCUT2D eigenvalue weighted by molar-refractivity contribution is 6.60. The molecule has 8 heteroatoms. The number of aromatic nitrogens is 3. The molecule has 0 fully saturated rings. The van der Waals surface area contributed by atoms with Crippen molar-refractivity contribution in [3.05, 3.63) is 6.33 Å². The van der Waals surface area contributed by atoms with Crippen LogP contribution in [0.25, 0.3) is 0 Å². The van der Waals surface area contributed by atoms with Crippen LogP contribution < -0.4 is 5.73 Å². The number of unbranched alkanes of at least 4 members (excludes halogenated alkanes) is 3. The molecule has 0 aliphatic rings. The normalized spacial score (nSPS) is 11.9. The SMILES string of the molecule is CO[Si](CCCCCCn1cnc(N)n1)(OC)OC. The average Bonchev–Trinajstić information content (AvgIpc) is 2.85. The Morgan fingerprint density at radius 1 is 1.11 bits per heavy atom. The molecule has 0 amide bonds. The fourth-order valence-corrected chi connectivity index (χ4v) is 3.74. The molecule has 110 valence electrons. The first-order valence-corrected chi connectivity index (χ1v) is 8.39. The van der Waals surface area contributed by atoms with Crippen LogP contribution in [-0.4, -0.2) is 44.9 Å². The van der Waals surface area contributed by atoms with E-state index < -0.39 is 8.80 Å². The molecule has 0 bridgehead atoms. The van der Waals surface area contributed by atoms with Gasteiger partial charge in [-0.1, -0.05) is 12.8 Å². The van der Waals surface area contributed by atoms with Crippen molar-refractivity contribution in [2.24, 2.45) is 0 Å². The second-order valence-corrected chi connectivity index (χ2v) is 7.42. The monoisotopic (exact) mass is 288 g/mol. The molecule has 19 heavy (non-hydrogen) atoms. The van der Waals surface area contributed by atoms with Gasteiger partial charge in [0.1, 0.15) is 6.33 Å². The van der Waals surface area contributed by atoms with Crippen molar-refractivity contribution in [1.82, 2.24) is 14.8 Å². The number of hydrogen-bond acceptors (Lipinski definition) is 6. The Labute approximate surface area is 115 Å². The summed E-state index contributed by atoms with van der Waals surface area (Å²) >= 11 is 0. The van der Waals surface area contributed by atoms with Crippen molar-refractivity contribution in [3.63, 3.8) is 0 Å². The highest BCUT2D eigenvalue weighted by atomic mass is 28.4. The molecule has 7 nitrogen and oxygen atoms in total. The zero-order valence-corrected chi connectivity index (χ0v) is 13.0. The molecule has 0 aliphatic heterocycles. The number of aryl methyl sites for hydroxylation is 1. The maximum Gasteiger partial charge on any atom is 0.500 e. The van der Waals surface area contributed by atoms with Crippen LogP contribution in [0.2, 0.25) is 6.04 Å². The minimum absolute atomic E-state index is 0.330. The van der Waals surface area contributed by atoms with E-state index in [0.717, 1.165) is 38.3 Å². The summed E-state index contributed by atoms with van der Waals surface area (Å²) in [7, 11) is 2.56. The van der Waals surface area contributed by atoms with Gasteiger partial charge in [0, 0.05) is 33.9 Å². The zero-order valence-electron chi connectivity index (χ0n) is 12.0. The topological polar surface area (TPSA) is 84.4 Å². The van der Waals surface area contributed by atoms with E-state index in [2.05, 4.69) is 10.1 Å². The molecule has 1 aromatic rings. The molecule has 0 atom stereocenters. The fraction of sp³-hybridized carbons (Fsp3) is 0.818. The highest BCUT2D eigenvalue weighted by Crippen LogP contribution is 2.17. The Bertz CT molecular complexity index is 349. The summed E-state index contributed by atoms with van der Waals surface area (Å²) in [6.07, 6.45) is 6.01. The van der Waals surface area contributed by atoms with Gasteiger partial charge in [-0.05, 0) is 12.8 Å². The summed E-state index contributed by atoms with van der Waals surface area (Å²) in [6.45, 7) is 0.853.